The number of aryl methyl sites for hydroxylation is 1. The van der Waals surface area contributed by atoms with Crippen molar-refractivity contribution in [3.63, 3.8) is 0 Å². The molecule has 0 spiro atoms. The highest BCUT2D eigenvalue weighted by Gasteiger charge is 2.34. The first-order chi connectivity index (χ1) is 14.3. The van der Waals surface area contributed by atoms with Crippen molar-refractivity contribution in [1.82, 2.24) is 9.55 Å². The summed E-state index contributed by atoms with van der Waals surface area (Å²) in [6.45, 7) is -0.0482. The van der Waals surface area contributed by atoms with Crippen molar-refractivity contribution >= 4 is 11.6 Å². The number of hydrogen-bond donors (Lipinski definition) is 0. The molecule has 8 heteroatoms. The molecule has 0 bridgehead atoms. The lowest BCUT2D eigenvalue weighted by atomic mass is 9.94. The largest absolute Gasteiger partial charge is 0.421 e. The van der Waals surface area contributed by atoms with E-state index in [0.29, 0.717) is 18.4 Å². The number of benzene rings is 1. The Labute approximate surface area is 170 Å². The minimum Gasteiger partial charge on any atom is -0.315 e. The highest BCUT2D eigenvalue weighted by Crippen LogP contribution is 2.37. The molecule has 0 aliphatic carbocycles. The summed E-state index contributed by atoms with van der Waals surface area (Å²) in [5.41, 5.74) is 1.68. The number of anilines is 1. The fraction of sp³-hybridized carbons (Fsp3) is 0.227. The van der Waals surface area contributed by atoms with Gasteiger partial charge in [0.15, 0.2) is 0 Å². The smallest absolute Gasteiger partial charge is 0.315 e. The summed E-state index contributed by atoms with van der Waals surface area (Å²) >= 11 is 0. The van der Waals surface area contributed by atoms with Gasteiger partial charge >= 0.3 is 6.18 Å². The molecule has 0 unspecified atom stereocenters. The topological polar surface area (TPSA) is 55.2 Å². The van der Waals surface area contributed by atoms with Crippen LogP contribution in [0.2, 0.25) is 0 Å². The lowest BCUT2D eigenvalue weighted by Gasteiger charge is -2.28. The van der Waals surface area contributed by atoms with Crippen molar-refractivity contribution in [2.24, 2.45) is 0 Å². The predicted octanol–water partition coefficient (Wildman–Crippen LogP) is 3.89. The van der Waals surface area contributed by atoms with Gasteiger partial charge < -0.3 is 9.47 Å². The number of halogens is 3. The van der Waals surface area contributed by atoms with Crippen molar-refractivity contribution in [2.45, 2.75) is 25.6 Å². The van der Waals surface area contributed by atoms with Crippen molar-refractivity contribution < 1.29 is 18.0 Å². The number of nitrogens with zero attached hydrogens (tertiary/aromatic N) is 3. The van der Waals surface area contributed by atoms with E-state index < -0.39 is 17.3 Å². The molecule has 5 nitrogen and oxygen atoms in total. The third-order valence-corrected chi connectivity index (χ3v) is 5.22. The summed E-state index contributed by atoms with van der Waals surface area (Å²) in [6, 6.07) is 9.52. The molecular weight excluding hydrogens is 395 g/mol. The van der Waals surface area contributed by atoms with E-state index in [1.54, 1.807) is 24.2 Å². The molecule has 1 aliphatic rings. The number of carbonyl (C=O) groups excluding carboxylic acids is 1. The Bertz CT molecular complexity index is 1180. The van der Waals surface area contributed by atoms with Crippen molar-refractivity contribution in [3.05, 3.63) is 82.0 Å². The van der Waals surface area contributed by atoms with Crippen LogP contribution < -0.4 is 10.5 Å². The molecule has 4 rings (SSSR count). The second kappa shape index (κ2) is 7.44. The molecule has 3 heterocycles. The summed E-state index contributed by atoms with van der Waals surface area (Å²) in [5, 5.41) is 0. The second-order valence-corrected chi connectivity index (χ2v) is 7.20. The molecule has 0 saturated heterocycles. The number of carbonyl (C=O) groups is 1. The monoisotopic (exact) mass is 413 g/mol. The lowest BCUT2D eigenvalue weighted by Crippen LogP contribution is -2.31. The Hall–Kier alpha value is -3.42. The third-order valence-electron chi connectivity index (χ3n) is 5.22. The minimum atomic E-state index is -4.71. The maximum absolute atomic E-state index is 13.0. The molecule has 1 amide bonds. The van der Waals surface area contributed by atoms with Crippen LogP contribution in [0.5, 0.6) is 0 Å². The Morgan fingerprint density at radius 1 is 1.07 bits per heavy atom. The standard InChI is InChI=1S/C22H18F3N3O2/c1-27-19(29)8-7-15-4-2-5-17(20(15)27)16-10-14(11-26-12-16)13-28-9-3-6-18(21(28)30)22(23,24)25/h2-6,9-12H,7-8,13H2,1H3. The van der Waals surface area contributed by atoms with Gasteiger partial charge in [-0.3, -0.25) is 14.6 Å². The number of fused-ring (bicyclic) bond motifs is 1. The first kappa shape index (κ1) is 19.9. The van der Waals surface area contributed by atoms with Crippen LogP contribution in [0.15, 0.2) is 59.8 Å². The van der Waals surface area contributed by atoms with E-state index in [4.69, 9.17) is 0 Å². The van der Waals surface area contributed by atoms with E-state index >= 15 is 0 Å². The predicted molar refractivity (Wildman–Crippen MR) is 106 cm³/mol. The number of hydrogen-bond acceptors (Lipinski definition) is 3. The summed E-state index contributed by atoms with van der Waals surface area (Å²) < 4.78 is 40.1. The van der Waals surface area contributed by atoms with Gasteiger partial charge in [-0.2, -0.15) is 13.2 Å². The van der Waals surface area contributed by atoms with Gasteiger partial charge in [0.25, 0.3) is 5.56 Å². The Morgan fingerprint density at radius 3 is 2.63 bits per heavy atom. The first-order valence-corrected chi connectivity index (χ1v) is 9.35. The number of rotatable bonds is 3. The Kier molecular flexibility index (Phi) is 4.93. The molecule has 3 aromatic rings. The Morgan fingerprint density at radius 2 is 1.87 bits per heavy atom. The molecule has 30 heavy (non-hydrogen) atoms. The summed E-state index contributed by atoms with van der Waals surface area (Å²) in [7, 11) is 1.73. The number of para-hydroxylation sites is 1. The molecule has 0 saturated carbocycles. The van der Waals surface area contributed by atoms with Gasteiger partial charge in [0, 0.05) is 43.2 Å². The van der Waals surface area contributed by atoms with Crippen LogP contribution in [0.25, 0.3) is 11.1 Å². The molecule has 154 valence electrons. The van der Waals surface area contributed by atoms with Crippen molar-refractivity contribution in [3.8, 4) is 11.1 Å². The normalized spacial score (nSPS) is 14.0. The molecule has 1 aliphatic heterocycles. The van der Waals surface area contributed by atoms with E-state index in [1.165, 1.54) is 18.5 Å². The number of aromatic nitrogens is 2. The Balaban J connectivity index is 1.73. The average Bonchev–Trinajstić information content (AvgIpc) is 2.71. The maximum atomic E-state index is 13.0. The molecule has 0 fully saturated rings. The molecule has 2 aromatic heterocycles. The highest BCUT2D eigenvalue weighted by molar-refractivity contribution is 6.00. The van der Waals surface area contributed by atoms with Gasteiger partial charge in [-0.1, -0.05) is 18.2 Å². The van der Waals surface area contributed by atoms with E-state index in [1.807, 2.05) is 18.2 Å². The van der Waals surface area contributed by atoms with Gasteiger partial charge in [0.05, 0.1) is 12.2 Å². The lowest BCUT2D eigenvalue weighted by molar-refractivity contribution is -0.139. The number of alkyl halides is 3. The van der Waals surface area contributed by atoms with Crippen LogP contribution in [-0.4, -0.2) is 22.5 Å². The van der Waals surface area contributed by atoms with E-state index in [0.717, 1.165) is 33.0 Å². The second-order valence-electron chi connectivity index (χ2n) is 7.20. The molecule has 0 atom stereocenters. The molecule has 0 radical (unpaired) electrons. The van der Waals surface area contributed by atoms with Crippen LogP contribution in [0, 0.1) is 0 Å². The van der Waals surface area contributed by atoms with Crippen molar-refractivity contribution in [2.75, 3.05) is 11.9 Å². The highest BCUT2D eigenvalue weighted by atomic mass is 19.4. The average molecular weight is 413 g/mol. The van der Waals surface area contributed by atoms with E-state index in [-0.39, 0.29) is 12.5 Å². The fourth-order valence-corrected chi connectivity index (χ4v) is 3.75. The molecule has 1 aromatic carbocycles. The SMILES string of the molecule is CN1C(=O)CCc2cccc(-c3cncc(Cn4cccc(C(F)(F)F)c4=O)c3)c21. The van der Waals surface area contributed by atoms with Gasteiger partial charge in [-0.05, 0) is 35.7 Å². The van der Waals surface area contributed by atoms with Crippen LogP contribution in [-0.2, 0) is 23.9 Å². The summed E-state index contributed by atoms with van der Waals surface area (Å²) in [4.78, 5) is 30.2. The molecule has 0 N–H and O–H groups in total. The van der Waals surface area contributed by atoms with Crippen LogP contribution in [0.3, 0.4) is 0 Å². The quantitative estimate of drug-likeness (QED) is 0.655. The number of pyridine rings is 2. The minimum absolute atomic E-state index is 0.0228. The van der Waals surface area contributed by atoms with Gasteiger partial charge in [-0.15, -0.1) is 0 Å². The van der Waals surface area contributed by atoms with Gasteiger partial charge in [-0.25, -0.2) is 0 Å². The molecular formula is C22H18F3N3O2. The van der Waals surface area contributed by atoms with Crippen LogP contribution >= 0.6 is 0 Å². The van der Waals surface area contributed by atoms with Gasteiger partial charge in [0.2, 0.25) is 5.91 Å². The zero-order valence-corrected chi connectivity index (χ0v) is 16.1. The summed E-state index contributed by atoms with van der Waals surface area (Å²) in [5.74, 6) is 0.0228. The number of amides is 1. The van der Waals surface area contributed by atoms with Crippen LogP contribution in [0.4, 0.5) is 18.9 Å². The van der Waals surface area contributed by atoms with Crippen LogP contribution in [0.1, 0.15) is 23.1 Å². The maximum Gasteiger partial charge on any atom is 0.421 e. The van der Waals surface area contributed by atoms with E-state index in [2.05, 4.69) is 4.98 Å². The first-order valence-electron chi connectivity index (χ1n) is 9.35. The zero-order valence-electron chi connectivity index (χ0n) is 16.1. The zero-order chi connectivity index (χ0) is 21.5. The van der Waals surface area contributed by atoms with Gasteiger partial charge in [0.1, 0.15) is 5.56 Å². The fourth-order valence-electron chi connectivity index (χ4n) is 3.75. The summed E-state index contributed by atoms with van der Waals surface area (Å²) in [6.07, 6.45) is 0.867. The van der Waals surface area contributed by atoms with Crippen molar-refractivity contribution in [1.29, 1.82) is 0 Å². The third kappa shape index (κ3) is 3.60. The van der Waals surface area contributed by atoms with E-state index in [9.17, 15) is 22.8 Å².